The second kappa shape index (κ2) is 6.95. The van der Waals surface area contributed by atoms with Gasteiger partial charge in [-0.05, 0) is 39.7 Å². The third kappa shape index (κ3) is 3.28. The van der Waals surface area contributed by atoms with E-state index in [1.807, 2.05) is 24.3 Å². The lowest BCUT2D eigenvalue weighted by atomic mass is 10.1. The van der Waals surface area contributed by atoms with Crippen molar-refractivity contribution in [2.45, 2.75) is 16.7 Å². The van der Waals surface area contributed by atoms with Gasteiger partial charge in [-0.1, -0.05) is 18.2 Å². The summed E-state index contributed by atoms with van der Waals surface area (Å²) in [5.74, 6) is 0.687. The monoisotopic (exact) mass is 456 g/mol. The third-order valence-electron chi connectivity index (χ3n) is 4.62. The molecule has 0 bridgehead atoms. The van der Waals surface area contributed by atoms with Gasteiger partial charge in [0.15, 0.2) is 6.10 Å². The molecule has 138 valence electrons. The van der Waals surface area contributed by atoms with E-state index in [2.05, 4.69) is 15.9 Å². The second-order valence-corrected chi connectivity index (χ2v) is 10.8. The summed E-state index contributed by atoms with van der Waals surface area (Å²) in [5, 5.41) is 0. The molecule has 2 aliphatic heterocycles. The smallest absolute Gasteiger partial charge is 0.264 e. The maximum absolute atomic E-state index is 12.7. The molecule has 0 unspecified atom stereocenters. The highest BCUT2D eigenvalue weighted by atomic mass is 79.9. The molecule has 2 aliphatic rings. The van der Waals surface area contributed by atoms with Crippen LogP contribution < -0.4 is 4.74 Å². The Balaban J connectivity index is 1.39. The average Bonchev–Trinajstić information content (AvgIpc) is 3.27. The molecule has 1 amide bonds. The summed E-state index contributed by atoms with van der Waals surface area (Å²) in [4.78, 5) is 14.4. The van der Waals surface area contributed by atoms with E-state index in [0.29, 0.717) is 36.8 Å². The first-order valence-electron chi connectivity index (χ1n) is 8.24. The van der Waals surface area contributed by atoms with E-state index in [1.165, 1.54) is 15.6 Å². The molecule has 3 heterocycles. The van der Waals surface area contributed by atoms with Crippen LogP contribution in [-0.4, -0.2) is 55.8 Å². The standard InChI is InChI=1S/C17H17BrN2O4S2/c18-15-5-6-16(25-15)26(22,23)20-9-7-19(8-10-20)17(21)14-11-12-3-1-2-4-13(12)24-14/h1-6,14H,7-11H2/t14-/m1/s1. The number of carbonyl (C=O) groups is 1. The zero-order chi connectivity index (χ0) is 18.3. The Morgan fingerprint density at radius 2 is 1.85 bits per heavy atom. The van der Waals surface area contributed by atoms with Crippen LogP contribution in [0.4, 0.5) is 0 Å². The zero-order valence-corrected chi connectivity index (χ0v) is 17.0. The van der Waals surface area contributed by atoms with Crippen LogP contribution in [0.5, 0.6) is 5.75 Å². The van der Waals surface area contributed by atoms with E-state index in [9.17, 15) is 13.2 Å². The summed E-state index contributed by atoms with van der Waals surface area (Å²) in [5.41, 5.74) is 1.04. The largest absolute Gasteiger partial charge is 0.480 e. The molecule has 1 fully saturated rings. The van der Waals surface area contributed by atoms with Crippen molar-refractivity contribution in [2.75, 3.05) is 26.2 Å². The maximum atomic E-state index is 12.7. The highest BCUT2D eigenvalue weighted by molar-refractivity contribution is 9.11. The molecule has 0 N–H and O–H groups in total. The number of hydrogen-bond donors (Lipinski definition) is 0. The second-order valence-electron chi connectivity index (χ2n) is 6.21. The number of fused-ring (bicyclic) bond motifs is 1. The first kappa shape index (κ1) is 18.0. The van der Waals surface area contributed by atoms with Crippen molar-refractivity contribution in [3.63, 3.8) is 0 Å². The molecule has 6 nitrogen and oxygen atoms in total. The van der Waals surface area contributed by atoms with Crippen molar-refractivity contribution in [3.8, 4) is 5.75 Å². The quantitative estimate of drug-likeness (QED) is 0.710. The van der Waals surface area contributed by atoms with E-state index in [-0.39, 0.29) is 5.91 Å². The van der Waals surface area contributed by atoms with Gasteiger partial charge in [0.2, 0.25) is 0 Å². The van der Waals surface area contributed by atoms with Crippen molar-refractivity contribution in [3.05, 3.63) is 45.7 Å². The summed E-state index contributed by atoms with van der Waals surface area (Å²) in [6.07, 6.45) is 0.0558. The molecule has 1 saturated heterocycles. The van der Waals surface area contributed by atoms with Gasteiger partial charge in [-0.25, -0.2) is 8.42 Å². The number of thiophene rings is 1. The van der Waals surface area contributed by atoms with Crippen LogP contribution in [0.15, 0.2) is 44.4 Å². The summed E-state index contributed by atoms with van der Waals surface area (Å²) >= 11 is 4.49. The van der Waals surface area contributed by atoms with Crippen LogP contribution >= 0.6 is 27.3 Å². The molecular weight excluding hydrogens is 440 g/mol. The van der Waals surface area contributed by atoms with Gasteiger partial charge in [-0.3, -0.25) is 4.79 Å². The molecule has 0 saturated carbocycles. The van der Waals surface area contributed by atoms with Crippen molar-refractivity contribution in [1.29, 1.82) is 0 Å². The molecule has 1 atom stereocenters. The number of carbonyl (C=O) groups excluding carboxylic acids is 1. The van der Waals surface area contributed by atoms with Crippen LogP contribution in [-0.2, 0) is 21.2 Å². The SMILES string of the molecule is O=C([C@H]1Cc2ccccc2O1)N1CCN(S(=O)(=O)c2ccc(Br)s2)CC1. The van der Waals surface area contributed by atoms with E-state index < -0.39 is 16.1 Å². The summed E-state index contributed by atoms with van der Waals surface area (Å²) in [6, 6.07) is 11.0. The predicted molar refractivity (Wildman–Crippen MR) is 102 cm³/mol. The Morgan fingerprint density at radius 1 is 1.12 bits per heavy atom. The number of piperazine rings is 1. The molecule has 0 radical (unpaired) electrons. The molecule has 1 aromatic heterocycles. The van der Waals surface area contributed by atoms with Crippen LogP contribution in [0.3, 0.4) is 0 Å². The first-order valence-corrected chi connectivity index (χ1v) is 11.3. The molecule has 0 spiro atoms. The topological polar surface area (TPSA) is 66.9 Å². The van der Waals surface area contributed by atoms with Gasteiger partial charge in [0, 0.05) is 32.6 Å². The van der Waals surface area contributed by atoms with Crippen LogP contribution in [0.2, 0.25) is 0 Å². The summed E-state index contributed by atoms with van der Waals surface area (Å²) in [6.45, 7) is 1.34. The Kier molecular flexibility index (Phi) is 4.81. The van der Waals surface area contributed by atoms with Crippen molar-refractivity contribution < 1.29 is 17.9 Å². The summed E-state index contributed by atoms with van der Waals surface area (Å²) < 4.78 is 33.6. The number of halogens is 1. The number of rotatable bonds is 3. The Bertz CT molecular complexity index is 911. The number of amides is 1. The number of ether oxygens (including phenoxy) is 1. The van der Waals surface area contributed by atoms with Gasteiger partial charge in [-0.15, -0.1) is 11.3 Å². The van der Waals surface area contributed by atoms with E-state index >= 15 is 0 Å². The Labute approximate surface area is 164 Å². The Morgan fingerprint density at radius 3 is 2.50 bits per heavy atom. The number of benzene rings is 1. The van der Waals surface area contributed by atoms with E-state index in [4.69, 9.17) is 4.74 Å². The molecule has 26 heavy (non-hydrogen) atoms. The fourth-order valence-electron chi connectivity index (χ4n) is 3.24. The van der Waals surface area contributed by atoms with E-state index in [1.54, 1.807) is 17.0 Å². The van der Waals surface area contributed by atoms with Gasteiger partial charge < -0.3 is 9.64 Å². The number of para-hydroxylation sites is 1. The minimum atomic E-state index is -3.50. The van der Waals surface area contributed by atoms with Gasteiger partial charge in [-0.2, -0.15) is 4.31 Å². The minimum Gasteiger partial charge on any atom is -0.480 e. The van der Waals surface area contributed by atoms with E-state index in [0.717, 1.165) is 15.1 Å². The van der Waals surface area contributed by atoms with Crippen molar-refractivity contribution in [1.82, 2.24) is 9.21 Å². The number of sulfonamides is 1. The summed E-state index contributed by atoms with van der Waals surface area (Å²) in [7, 11) is -3.50. The third-order valence-corrected chi connectivity index (χ3v) is 8.61. The number of hydrogen-bond acceptors (Lipinski definition) is 5. The average molecular weight is 457 g/mol. The predicted octanol–water partition coefficient (Wildman–Crippen LogP) is 2.35. The van der Waals surface area contributed by atoms with Crippen LogP contribution in [0.1, 0.15) is 5.56 Å². The molecule has 2 aromatic rings. The lowest BCUT2D eigenvalue weighted by molar-refractivity contribution is -0.139. The molecule has 9 heteroatoms. The molecular formula is C17H17BrN2O4S2. The minimum absolute atomic E-state index is 0.0721. The Hall–Kier alpha value is -1.42. The molecule has 1 aromatic carbocycles. The van der Waals surface area contributed by atoms with Gasteiger partial charge >= 0.3 is 0 Å². The number of nitrogens with zero attached hydrogens (tertiary/aromatic N) is 2. The molecule has 4 rings (SSSR count). The molecule has 0 aliphatic carbocycles. The van der Waals surface area contributed by atoms with Crippen molar-refractivity contribution in [2.24, 2.45) is 0 Å². The maximum Gasteiger partial charge on any atom is 0.264 e. The van der Waals surface area contributed by atoms with Crippen LogP contribution in [0, 0.1) is 0 Å². The van der Waals surface area contributed by atoms with Crippen LogP contribution in [0.25, 0.3) is 0 Å². The fourth-order valence-corrected chi connectivity index (χ4v) is 6.82. The van der Waals surface area contributed by atoms with Gasteiger partial charge in [0.1, 0.15) is 9.96 Å². The highest BCUT2D eigenvalue weighted by Gasteiger charge is 2.36. The van der Waals surface area contributed by atoms with Gasteiger partial charge in [0.25, 0.3) is 15.9 Å². The lowest BCUT2D eigenvalue weighted by Gasteiger charge is -2.34. The lowest BCUT2D eigenvalue weighted by Crippen LogP contribution is -2.53. The normalized spacial score (nSPS) is 20.7. The highest BCUT2D eigenvalue weighted by Crippen LogP contribution is 2.31. The zero-order valence-electron chi connectivity index (χ0n) is 13.8. The fraction of sp³-hybridized carbons (Fsp3) is 0.353. The van der Waals surface area contributed by atoms with Crippen molar-refractivity contribution >= 4 is 43.2 Å². The first-order chi connectivity index (χ1) is 12.4. The van der Waals surface area contributed by atoms with Gasteiger partial charge in [0.05, 0.1) is 3.79 Å².